The molecule has 0 fully saturated rings. The van der Waals surface area contributed by atoms with Crippen molar-refractivity contribution in [2.45, 2.75) is 0 Å². The fraction of sp³-hybridized carbons (Fsp3) is 0.0345. The summed E-state index contributed by atoms with van der Waals surface area (Å²) in [6, 6.07) is 38.3. The minimum Gasteiger partial charge on any atom is -0.457 e. The van der Waals surface area contributed by atoms with Gasteiger partial charge in [-0.25, -0.2) is 9.69 Å². The minimum absolute atomic E-state index is 0.645. The molecule has 0 radical (unpaired) electrons. The fourth-order valence-electron chi connectivity index (χ4n) is 4.02. The summed E-state index contributed by atoms with van der Waals surface area (Å²) in [5.41, 5.74) is 5.03. The Morgan fingerprint density at radius 2 is 1.29 bits per heavy atom. The Morgan fingerprint density at radius 3 is 2.06 bits per heavy atom. The highest BCUT2D eigenvalue weighted by Crippen LogP contribution is 2.29. The molecule has 0 bridgehead atoms. The molecule has 0 spiro atoms. The molecule has 0 aliphatic carbocycles. The molecule has 0 unspecified atom stereocenters. The first kappa shape index (κ1) is 20.7. The third-order valence-electron chi connectivity index (χ3n) is 5.80. The maximum Gasteiger partial charge on any atom is 0.129 e. The van der Waals surface area contributed by atoms with Gasteiger partial charge in [-0.05, 0) is 42.5 Å². The maximum atomic E-state index is 6.21. The third-order valence-corrected chi connectivity index (χ3v) is 5.80. The van der Waals surface area contributed by atoms with Crippen molar-refractivity contribution < 1.29 is 4.74 Å². The van der Waals surface area contributed by atoms with Crippen LogP contribution < -0.4 is 14.6 Å². The highest BCUT2D eigenvalue weighted by molar-refractivity contribution is 5.83. The van der Waals surface area contributed by atoms with E-state index in [-0.39, 0.29) is 0 Å². The lowest BCUT2D eigenvalue weighted by Gasteiger charge is -2.19. The van der Waals surface area contributed by atoms with E-state index in [0.717, 1.165) is 39.8 Å². The molecule has 4 aromatic carbocycles. The van der Waals surface area contributed by atoms with Crippen LogP contribution in [0.2, 0.25) is 0 Å². The number of anilines is 2. The van der Waals surface area contributed by atoms with Gasteiger partial charge in [-0.15, -0.1) is 0 Å². The van der Waals surface area contributed by atoms with Crippen molar-refractivity contribution in [3.8, 4) is 28.4 Å². The van der Waals surface area contributed by atoms with Crippen LogP contribution in [0.15, 0.2) is 127 Å². The zero-order valence-corrected chi connectivity index (χ0v) is 19.0. The number of hydrazone groups is 1. The zero-order chi connectivity index (χ0) is 23.5. The molecule has 6 rings (SSSR count). The van der Waals surface area contributed by atoms with E-state index in [1.165, 1.54) is 0 Å². The first-order valence-corrected chi connectivity index (χ1v) is 11.4. The van der Waals surface area contributed by atoms with E-state index in [2.05, 4.69) is 34.3 Å². The van der Waals surface area contributed by atoms with Crippen molar-refractivity contribution in [3.63, 3.8) is 0 Å². The van der Waals surface area contributed by atoms with Crippen molar-refractivity contribution in [3.05, 3.63) is 121 Å². The molecule has 170 valence electrons. The Labute approximate surface area is 203 Å². The van der Waals surface area contributed by atoms with Gasteiger partial charge in [0.1, 0.15) is 24.5 Å². The highest BCUT2D eigenvalue weighted by Gasteiger charge is 2.17. The first-order chi connectivity index (χ1) is 17.3. The van der Waals surface area contributed by atoms with Gasteiger partial charge in [-0.1, -0.05) is 60.7 Å². The number of para-hydroxylation sites is 1. The average Bonchev–Trinajstić information content (AvgIpc) is 3.61. The lowest BCUT2D eigenvalue weighted by Crippen LogP contribution is -2.26. The molecule has 2 heterocycles. The minimum atomic E-state index is 0.645. The Bertz CT molecular complexity index is 1460. The van der Waals surface area contributed by atoms with Gasteiger partial charge in [0, 0.05) is 29.6 Å². The molecule has 1 aromatic heterocycles. The largest absolute Gasteiger partial charge is 0.457 e. The topological polar surface area (TPSA) is 45.9 Å². The lowest BCUT2D eigenvalue weighted by atomic mass is 10.2. The van der Waals surface area contributed by atoms with Crippen molar-refractivity contribution in [2.75, 3.05) is 16.6 Å². The van der Waals surface area contributed by atoms with Crippen LogP contribution in [0.1, 0.15) is 0 Å². The first-order valence-electron chi connectivity index (χ1n) is 11.4. The quantitative estimate of drug-likeness (QED) is 0.290. The molecule has 0 N–H and O–H groups in total. The molecule has 1 aliphatic rings. The van der Waals surface area contributed by atoms with Gasteiger partial charge in [0.15, 0.2) is 0 Å². The van der Waals surface area contributed by atoms with Crippen LogP contribution in [0.25, 0.3) is 16.9 Å². The number of ether oxygens (including phenoxy) is 1. The Kier molecular flexibility index (Phi) is 5.45. The summed E-state index contributed by atoms with van der Waals surface area (Å²) >= 11 is 0. The molecular formula is C29H23N5O. The summed E-state index contributed by atoms with van der Waals surface area (Å²) in [4.78, 5) is 2.10. The molecule has 0 saturated heterocycles. The Morgan fingerprint density at radius 1 is 0.629 bits per heavy atom. The van der Waals surface area contributed by atoms with Gasteiger partial charge in [-0.3, -0.25) is 0 Å². The molecule has 1 aliphatic heterocycles. The van der Waals surface area contributed by atoms with Crippen LogP contribution in [0, 0.1) is 0 Å². The monoisotopic (exact) mass is 457 g/mol. The van der Waals surface area contributed by atoms with Crippen LogP contribution in [0.3, 0.4) is 0 Å². The van der Waals surface area contributed by atoms with E-state index in [4.69, 9.17) is 9.84 Å². The van der Waals surface area contributed by atoms with E-state index in [1.807, 2.05) is 113 Å². The molecule has 6 heteroatoms. The molecule has 0 amide bonds. The SMILES string of the molecule is C1=NN(c2cccc(Oc3cccc(-n4ccc(-c5ccccc5)n4)c3)c2)CN1c1ccccc1. The summed E-state index contributed by atoms with van der Waals surface area (Å²) in [6.45, 7) is 0.645. The van der Waals surface area contributed by atoms with Crippen molar-refractivity contribution in [1.82, 2.24) is 9.78 Å². The number of hydrogen-bond acceptors (Lipinski definition) is 5. The zero-order valence-electron chi connectivity index (χ0n) is 19.0. The second-order valence-electron chi connectivity index (χ2n) is 8.19. The Hall–Kier alpha value is -4.84. The van der Waals surface area contributed by atoms with Crippen molar-refractivity contribution in [2.24, 2.45) is 5.10 Å². The number of aromatic nitrogens is 2. The normalized spacial score (nSPS) is 12.8. The third kappa shape index (κ3) is 4.50. The second-order valence-corrected chi connectivity index (χ2v) is 8.19. The van der Waals surface area contributed by atoms with Gasteiger partial charge in [0.25, 0.3) is 0 Å². The summed E-state index contributed by atoms with van der Waals surface area (Å²) in [5.74, 6) is 1.49. The second kappa shape index (κ2) is 9.19. The van der Waals surface area contributed by atoms with Crippen LogP contribution in [0.4, 0.5) is 11.4 Å². The van der Waals surface area contributed by atoms with Gasteiger partial charge >= 0.3 is 0 Å². The number of nitrogens with zero attached hydrogens (tertiary/aromatic N) is 5. The van der Waals surface area contributed by atoms with E-state index in [1.54, 1.807) is 0 Å². The number of hydrogen-bond donors (Lipinski definition) is 0. The predicted molar refractivity (Wildman–Crippen MR) is 140 cm³/mol. The van der Waals surface area contributed by atoms with Gasteiger partial charge in [0.2, 0.25) is 0 Å². The predicted octanol–water partition coefficient (Wildman–Crippen LogP) is 6.56. The molecule has 5 aromatic rings. The van der Waals surface area contributed by atoms with Gasteiger partial charge in [-0.2, -0.15) is 10.2 Å². The van der Waals surface area contributed by atoms with Crippen molar-refractivity contribution in [1.29, 1.82) is 0 Å². The summed E-state index contributed by atoms with van der Waals surface area (Å²) in [6.07, 6.45) is 3.81. The van der Waals surface area contributed by atoms with E-state index < -0.39 is 0 Å². The number of benzene rings is 4. The smallest absolute Gasteiger partial charge is 0.129 e. The molecule has 6 nitrogen and oxygen atoms in total. The molecule has 0 atom stereocenters. The van der Waals surface area contributed by atoms with Gasteiger partial charge < -0.3 is 9.64 Å². The molecular weight excluding hydrogens is 434 g/mol. The van der Waals surface area contributed by atoms with Crippen LogP contribution in [0.5, 0.6) is 11.5 Å². The van der Waals surface area contributed by atoms with Crippen LogP contribution in [-0.2, 0) is 0 Å². The summed E-state index contributed by atoms with van der Waals surface area (Å²) < 4.78 is 8.07. The van der Waals surface area contributed by atoms with E-state index >= 15 is 0 Å². The fourth-order valence-corrected chi connectivity index (χ4v) is 4.02. The maximum absolute atomic E-state index is 6.21. The molecule has 35 heavy (non-hydrogen) atoms. The highest BCUT2D eigenvalue weighted by atomic mass is 16.5. The van der Waals surface area contributed by atoms with Crippen LogP contribution >= 0.6 is 0 Å². The summed E-state index contributed by atoms with van der Waals surface area (Å²) in [7, 11) is 0. The Balaban J connectivity index is 1.18. The van der Waals surface area contributed by atoms with Gasteiger partial charge in [0.05, 0.1) is 17.1 Å². The standard InChI is InChI=1S/C29H23N5O/c1-3-9-23(10-4-1)29-17-18-33(31-29)25-13-7-15-27(19-25)35-28-16-8-14-26(20-28)34-22-32(21-30-34)24-11-5-2-6-12-24/h1-21H,22H2. The van der Waals surface area contributed by atoms with Crippen LogP contribution in [-0.4, -0.2) is 22.8 Å². The van der Waals surface area contributed by atoms with E-state index in [0.29, 0.717) is 6.67 Å². The average molecular weight is 458 g/mol. The number of rotatable bonds is 6. The lowest BCUT2D eigenvalue weighted by molar-refractivity contribution is 0.482. The molecule has 0 saturated carbocycles. The van der Waals surface area contributed by atoms with Crippen molar-refractivity contribution >= 4 is 17.7 Å². The van der Waals surface area contributed by atoms with E-state index in [9.17, 15) is 0 Å². The summed E-state index contributed by atoms with van der Waals surface area (Å²) in [5, 5.41) is 11.2.